The Morgan fingerprint density at radius 3 is 2.33 bits per heavy atom. The minimum absolute atomic E-state index is 0.206. The van der Waals surface area contributed by atoms with Gasteiger partial charge in [0.2, 0.25) is 0 Å². The van der Waals surface area contributed by atoms with Crippen LogP contribution in [0.2, 0.25) is 0 Å². The third kappa shape index (κ3) is 5.83. The van der Waals surface area contributed by atoms with Crippen LogP contribution in [-0.2, 0) is 0 Å². The van der Waals surface area contributed by atoms with Crippen LogP contribution in [0.25, 0.3) is 0 Å². The van der Waals surface area contributed by atoms with Gasteiger partial charge in [0.05, 0.1) is 6.61 Å². The highest BCUT2D eigenvalue weighted by atomic mass is 16.5. The molecule has 0 atom stereocenters. The molecular weight excluding hydrogens is 302 g/mol. The molecule has 5 nitrogen and oxygen atoms in total. The van der Waals surface area contributed by atoms with Gasteiger partial charge in [-0.3, -0.25) is 0 Å². The lowest BCUT2D eigenvalue weighted by Crippen LogP contribution is -2.30. The number of urea groups is 1. The van der Waals surface area contributed by atoms with E-state index < -0.39 is 0 Å². The van der Waals surface area contributed by atoms with Crippen molar-refractivity contribution in [3.05, 3.63) is 54.1 Å². The predicted molar refractivity (Wildman–Crippen MR) is 99.1 cm³/mol. The van der Waals surface area contributed by atoms with E-state index in [1.54, 1.807) is 0 Å². The largest absolute Gasteiger partial charge is 0.494 e. The van der Waals surface area contributed by atoms with Gasteiger partial charge in [-0.25, -0.2) is 4.79 Å². The summed E-state index contributed by atoms with van der Waals surface area (Å²) in [6, 6.07) is 15.4. The molecule has 0 aliphatic rings. The molecule has 2 aromatic rings. The van der Waals surface area contributed by atoms with Gasteiger partial charge in [-0.05, 0) is 49.7 Å². The normalized spacial score (nSPS) is 10.1. The highest BCUT2D eigenvalue weighted by Gasteiger charge is 2.02. The number of ether oxygens (including phenoxy) is 1. The zero-order chi connectivity index (χ0) is 17.4. The Bertz CT molecular complexity index is 637. The molecular formula is C19H25N3O2. The summed E-state index contributed by atoms with van der Waals surface area (Å²) in [6.07, 6.45) is 0.751. The van der Waals surface area contributed by atoms with Crippen molar-refractivity contribution in [3.8, 4) is 5.75 Å². The van der Waals surface area contributed by atoms with Crippen molar-refractivity contribution in [2.75, 3.05) is 37.5 Å². The summed E-state index contributed by atoms with van der Waals surface area (Å²) in [5, 5.41) is 5.64. The molecule has 0 aliphatic heterocycles. The van der Waals surface area contributed by atoms with Gasteiger partial charge in [0.1, 0.15) is 5.75 Å². The van der Waals surface area contributed by atoms with Crippen molar-refractivity contribution in [2.24, 2.45) is 0 Å². The molecule has 2 rings (SSSR count). The number of hydrogen-bond acceptors (Lipinski definition) is 3. The maximum atomic E-state index is 11.8. The number of carbonyl (C=O) groups is 1. The van der Waals surface area contributed by atoms with E-state index in [4.69, 9.17) is 4.74 Å². The summed E-state index contributed by atoms with van der Waals surface area (Å²) < 4.78 is 5.62. The van der Waals surface area contributed by atoms with Crippen LogP contribution in [0.15, 0.2) is 48.5 Å². The molecule has 0 saturated carbocycles. The average Bonchev–Trinajstić information content (AvgIpc) is 2.56. The maximum Gasteiger partial charge on any atom is 0.319 e. The first-order valence-corrected chi connectivity index (χ1v) is 8.06. The van der Waals surface area contributed by atoms with E-state index in [1.165, 1.54) is 5.56 Å². The maximum absolute atomic E-state index is 11.8. The van der Waals surface area contributed by atoms with E-state index in [9.17, 15) is 4.79 Å². The van der Waals surface area contributed by atoms with Gasteiger partial charge in [0.25, 0.3) is 0 Å². The van der Waals surface area contributed by atoms with Gasteiger partial charge in [-0.1, -0.05) is 17.7 Å². The van der Waals surface area contributed by atoms with Crippen molar-refractivity contribution in [2.45, 2.75) is 13.3 Å². The smallest absolute Gasteiger partial charge is 0.319 e. The second-order valence-electron chi connectivity index (χ2n) is 5.84. The van der Waals surface area contributed by atoms with E-state index in [2.05, 4.69) is 10.6 Å². The highest BCUT2D eigenvalue weighted by molar-refractivity contribution is 5.89. The minimum Gasteiger partial charge on any atom is -0.494 e. The molecule has 0 radical (unpaired) electrons. The Kier molecular flexibility index (Phi) is 6.49. The standard InChI is InChI=1S/C19H25N3O2/c1-15-5-11-18(12-6-15)24-14-4-13-20-19(23)21-16-7-9-17(10-8-16)22(2)3/h5-12H,4,13-14H2,1-3H3,(H2,20,21,23). The molecule has 0 fully saturated rings. The number of hydrogen-bond donors (Lipinski definition) is 2. The molecule has 5 heteroatoms. The molecule has 0 heterocycles. The molecule has 24 heavy (non-hydrogen) atoms. The molecule has 2 amide bonds. The quantitative estimate of drug-likeness (QED) is 0.763. The monoisotopic (exact) mass is 327 g/mol. The third-order valence-electron chi connectivity index (χ3n) is 3.54. The molecule has 128 valence electrons. The van der Waals surface area contributed by atoms with Gasteiger partial charge in [0, 0.05) is 32.0 Å². The van der Waals surface area contributed by atoms with Gasteiger partial charge >= 0.3 is 6.03 Å². The molecule has 0 unspecified atom stereocenters. The van der Waals surface area contributed by atoms with Crippen LogP contribution in [0.3, 0.4) is 0 Å². The third-order valence-corrected chi connectivity index (χ3v) is 3.54. The van der Waals surface area contributed by atoms with Crippen LogP contribution >= 0.6 is 0 Å². The molecule has 0 bridgehead atoms. The number of rotatable bonds is 7. The van der Waals surface area contributed by atoms with Gasteiger partial charge in [0.15, 0.2) is 0 Å². The Morgan fingerprint density at radius 2 is 1.71 bits per heavy atom. The average molecular weight is 327 g/mol. The fourth-order valence-corrected chi connectivity index (χ4v) is 2.12. The number of nitrogens with one attached hydrogen (secondary N) is 2. The van der Waals surface area contributed by atoms with E-state index in [1.807, 2.05) is 74.4 Å². The summed E-state index contributed by atoms with van der Waals surface area (Å²) >= 11 is 0. The summed E-state index contributed by atoms with van der Waals surface area (Å²) in [7, 11) is 3.96. The van der Waals surface area contributed by atoms with Crippen LogP contribution in [0, 0.1) is 6.92 Å². The molecule has 0 saturated heterocycles. The number of carbonyl (C=O) groups excluding carboxylic acids is 1. The number of nitrogens with zero attached hydrogens (tertiary/aromatic N) is 1. The number of amides is 2. The number of anilines is 2. The zero-order valence-electron chi connectivity index (χ0n) is 14.5. The van der Waals surface area contributed by atoms with Crippen molar-refractivity contribution in [1.82, 2.24) is 5.32 Å². The molecule has 2 aromatic carbocycles. The lowest BCUT2D eigenvalue weighted by Gasteiger charge is -2.13. The first-order valence-electron chi connectivity index (χ1n) is 8.06. The summed E-state index contributed by atoms with van der Waals surface area (Å²) in [6.45, 7) is 3.18. The summed E-state index contributed by atoms with van der Waals surface area (Å²) in [5.74, 6) is 0.853. The number of aryl methyl sites for hydroxylation is 1. The fraction of sp³-hybridized carbons (Fsp3) is 0.316. The van der Waals surface area contributed by atoms with Crippen molar-refractivity contribution in [1.29, 1.82) is 0 Å². The van der Waals surface area contributed by atoms with Crippen LogP contribution in [-0.4, -0.2) is 33.3 Å². The minimum atomic E-state index is -0.206. The summed E-state index contributed by atoms with van der Waals surface area (Å²) in [4.78, 5) is 13.8. The second-order valence-corrected chi connectivity index (χ2v) is 5.84. The van der Waals surface area contributed by atoms with E-state index in [0.29, 0.717) is 13.2 Å². The zero-order valence-corrected chi connectivity index (χ0v) is 14.5. The van der Waals surface area contributed by atoms with Crippen LogP contribution in [0.4, 0.5) is 16.2 Å². The Labute approximate surface area is 143 Å². The Balaban J connectivity index is 1.63. The second kappa shape index (κ2) is 8.82. The predicted octanol–water partition coefficient (Wildman–Crippen LogP) is 3.65. The van der Waals surface area contributed by atoms with E-state index >= 15 is 0 Å². The van der Waals surface area contributed by atoms with E-state index in [-0.39, 0.29) is 6.03 Å². The van der Waals surface area contributed by atoms with Crippen LogP contribution in [0.1, 0.15) is 12.0 Å². The first kappa shape index (κ1) is 17.7. The van der Waals surface area contributed by atoms with Gasteiger partial charge in [-0.2, -0.15) is 0 Å². The topological polar surface area (TPSA) is 53.6 Å². The van der Waals surface area contributed by atoms with Crippen molar-refractivity contribution in [3.63, 3.8) is 0 Å². The molecule has 2 N–H and O–H groups in total. The molecule has 0 aromatic heterocycles. The highest BCUT2D eigenvalue weighted by Crippen LogP contribution is 2.15. The molecule has 0 spiro atoms. The lowest BCUT2D eigenvalue weighted by molar-refractivity contribution is 0.250. The van der Waals surface area contributed by atoms with Crippen LogP contribution < -0.4 is 20.3 Å². The first-order chi connectivity index (χ1) is 11.5. The summed E-state index contributed by atoms with van der Waals surface area (Å²) in [5.41, 5.74) is 3.07. The van der Waals surface area contributed by atoms with Crippen molar-refractivity contribution < 1.29 is 9.53 Å². The Hall–Kier alpha value is -2.69. The van der Waals surface area contributed by atoms with Crippen molar-refractivity contribution >= 4 is 17.4 Å². The SMILES string of the molecule is Cc1ccc(OCCCNC(=O)Nc2ccc(N(C)C)cc2)cc1. The van der Waals surface area contributed by atoms with Gasteiger partial charge < -0.3 is 20.3 Å². The lowest BCUT2D eigenvalue weighted by atomic mass is 10.2. The molecule has 0 aliphatic carbocycles. The Morgan fingerprint density at radius 1 is 1.04 bits per heavy atom. The van der Waals surface area contributed by atoms with Gasteiger partial charge in [-0.15, -0.1) is 0 Å². The number of benzene rings is 2. The fourth-order valence-electron chi connectivity index (χ4n) is 2.12. The van der Waals surface area contributed by atoms with Crippen LogP contribution in [0.5, 0.6) is 5.75 Å². The van der Waals surface area contributed by atoms with E-state index in [0.717, 1.165) is 23.5 Å².